The van der Waals surface area contributed by atoms with Gasteiger partial charge in [0.25, 0.3) is 0 Å². The Morgan fingerprint density at radius 2 is 1.39 bits per heavy atom. The highest BCUT2D eigenvalue weighted by Crippen LogP contribution is 2.39. The van der Waals surface area contributed by atoms with E-state index < -0.39 is 69.0 Å². The van der Waals surface area contributed by atoms with Crippen LogP contribution in [0.5, 0.6) is 5.75 Å². The third kappa shape index (κ3) is 4.63. The molecule has 0 bridgehead atoms. The minimum atomic E-state index is -5.10. The predicted molar refractivity (Wildman–Crippen MR) is 110 cm³/mol. The average Bonchev–Trinajstić information content (AvgIpc) is 2.71. The Kier molecular flexibility index (Phi) is 6.02. The van der Waals surface area contributed by atoms with Gasteiger partial charge in [0.2, 0.25) is 0 Å². The molecule has 186 valence electrons. The fourth-order valence-corrected chi connectivity index (χ4v) is 3.61. The molecule has 0 aromatic heterocycles. The summed E-state index contributed by atoms with van der Waals surface area (Å²) in [7, 11) is 0. The van der Waals surface area contributed by atoms with Crippen molar-refractivity contribution in [1.29, 1.82) is 0 Å². The number of fused-ring (bicyclic) bond motifs is 2. The van der Waals surface area contributed by atoms with Crippen molar-refractivity contribution in [2.45, 2.75) is 19.2 Å². The first-order valence-electron chi connectivity index (χ1n) is 9.85. The van der Waals surface area contributed by atoms with Gasteiger partial charge in [0.05, 0.1) is 10.9 Å². The van der Waals surface area contributed by atoms with Crippen LogP contribution in [0.2, 0.25) is 0 Å². The van der Waals surface area contributed by atoms with Crippen LogP contribution in [0.4, 0.5) is 43.9 Å². The monoisotopic (exact) mass is 516 g/mol. The lowest BCUT2D eigenvalue weighted by molar-refractivity contribution is -0.189. The number of ether oxygens (including phenoxy) is 1. The molecule has 0 aliphatic rings. The highest BCUT2D eigenvalue weighted by Gasteiger charge is 2.42. The Balaban J connectivity index is 1.80. The quantitative estimate of drug-likeness (QED) is 0.198. The van der Waals surface area contributed by atoms with Crippen LogP contribution in [0.15, 0.2) is 42.5 Å². The van der Waals surface area contributed by atoms with E-state index in [2.05, 4.69) is 4.74 Å². The van der Waals surface area contributed by atoms with Gasteiger partial charge >= 0.3 is 12.3 Å². The number of halogens is 10. The van der Waals surface area contributed by atoms with E-state index in [1.165, 1.54) is 18.1 Å². The lowest BCUT2D eigenvalue weighted by atomic mass is 10.0. The first-order chi connectivity index (χ1) is 16.7. The van der Waals surface area contributed by atoms with Crippen molar-refractivity contribution >= 4 is 21.5 Å². The van der Waals surface area contributed by atoms with E-state index in [4.69, 9.17) is 0 Å². The zero-order chi connectivity index (χ0) is 26.6. The fraction of sp³-hybridized carbons (Fsp3) is 0.120. The SMILES string of the molecule is Cc1ccc2c(F)c(C(F)(F)Oc3cc(F)c4c(F)c(C#CC(F)(F)F)c(F)cc4c3)c(F)cc2c1. The molecule has 0 aliphatic heterocycles. The smallest absolute Gasteiger partial charge is 0.429 e. The molecule has 0 unspecified atom stereocenters. The zero-order valence-corrected chi connectivity index (χ0v) is 17.7. The third-order valence-corrected chi connectivity index (χ3v) is 5.10. The molecule has 4 aromatic rings. The highest BCUT2D eigenvalue weighted by molar-refractivity contribution is 5.87. The molecule has 1 nitrogen and oxygen atoms in total. The summed E-state index contributed by atoms with van der Waals surface area (Å²) in [6, 6.07) is 5.66. The van der Waals surface area contributed by atoms with Crippen molar-refractivity contribution in [2.24, 2.45) is 0 Å². The molecule has 36 heavy (non-hydrogen) atoms. The lowest BCUT2D eigenvalue weighted by Gasteiger charge is -2.21. The normalized spacial score (nSPS) is 12.1. The van der Waals surface area contributed by atoms with Crippen LogP contribution in [-0.4, -0.2) is 6.18 Å². The van der Waals surface area contributed by atoms with E-state index in [9.17, 15) is 43.9 Å². The summed E-state index contributed by atoms with van der Waals surface area (Å²) in [6.45, 7) is 1.62. The Hall–Kier alpha value is -3.94. The molecule has 0 aliphatic carbocycles. The van der Waals surface area contributed by atoms with Crippen LogP contribution in [0.1, 0.15) is 16.7 Å². The highest BCUT2D eigenvalue weighted by atomic mass is 19.4. The summed E-state index contributed by atoms with van der Waals surface area (Å²) in [4.78, 5) is 0. The van der Waals surface area contributed by atoms with Gasteiger partial charge in [-0.3, -0.25) is 0 Å². The van der Waals surface area contributed by atoms with Crippen LogP contribution in [0, 0.1) is 47.9 Å². The summed E-state index contributed by atoms with van der Waals surface area (Å²) in [5.74, 6) is -7.58. The minimum Gasteiger partial charge on any atom is -0.429 e. The largest absolute Gasteiger partial charge is 0.458 e. The summed E-state index contributed by atoms with van der Waals surface area (Å²) in [5, 5.41) is -2.13. The summed E-state index contributed by atoms with van der Waals surface area (Å²) in [6.07, 6.45) is -9.80. The van der Waals surface area contributed by atoms with Gasteiger partial charge in [-0.2, -0.15) is 22.0 Å². The van der Waals surface area contributed by atoms with Gasteiger partial charge in [-0.25, -0.2) is 22.0 Å². The van der Waals surface area contributed by atoms with Gasteiger partial charge in [0.15, 0.2) is 5.82 Å². The van der Waals surface area contributed by atoms with E-state index in [-0.39, 0.29) is 16.8 Å². The van der Waals surface area contributed by atoms with E-state index in [1.54, 1.807) is 6.92 Å². The Morgan fingerprint density at radius 1 is 0.722 bits per heavy atom. The van der Waals surface area contributed by atoms with Gasteiger partial charge in [-0.1, -0.05) is 29.7 Å². The Morgan fingerprint density at radius 3 is 2.06 bits per heavy atom. The molecule has 4 aromatic carbocycles. The van der Waals surface area contributed by atoms with Gasteiger partial charge in [-0.05, 0) is 35.9 Å². The maximum Gasteiger partial charge on any atom is 0.458 e. The molecule has 11 heteroatoms. The van der Waals surface area contributed by atoms with Crippen molar-refractivity contribution in [2.75, 3.05) is 0 Å². The number of rotatable bonds is 3. The molecule has 4 rings (SSSR count). The van der Waals surface area contributed by atoms with E-state index in [0.717, 1.165) is 6.07 Å². The van der Waals surface area contributed by atoms with Crippen LogP contribution in [0.3, 0.4) is 0 Å². The zero-order valence-electron chi connectivity index (χ0n) is 17.7. The van der Waals surface area contributed by atoms with E-state index >= 15 is 0 Å². The molecule has 0 N–H and O–H groups in total. The number of alkyl halides is 5. The van der Waals surface area contributed by atoms with Crippen LogP contribution >= 0.6 is 0 Å². The molecule has 0 fully saturated rings. The third-order valence-electron chi connectivity index (χ3n) is 5.10. The topological polar surface area (TPSA) is 9.23 Å². The molecule has 0 atom stereocenters. The Labute approximate surface area is 195 Å². The van der Waals surface area contributed by atoms with Gasteiger partial charge in [-0.15, -0.1) is 0 Å². The first-order valence-corrected chi connectivity index (χ1v) is 9.85. The molecule has 0 saturated carbocycles. The van der Waals surface area contributed by atoms with Gasteiger partial charge in [0, 0.05) is 17.4 Å². The summed E-state index contributed by atoms with van der Waals surface area (Å²) < 4.78 is 143. The van der Waals surface area contributed by atoms with Crippen molar-refractivity contribution in [3.63, 3.8) is 0 Å². The van der Waals surface area contributed by atoms with E-state index in [1.807, 2.05) is 0 Å². The minimum absolute atomic E-state index is 0.00308. The molecule has 0 radical (unpaired) electrons. The van der Waals surface area contributed by atoms with Gasteiger partial charge in [0.1, 0.15) is 34.6 Å². The maximum absolute atomic E-state index is 14.8. The summed E-state index contributed by atoms with van der Waals surface area (Å²) in [5.41, 5.74) is -2.57. The van der Waals surface area contributed by atoms with Crippen LogP contribution in [0.25, 0.3) is 21.5 Å². The first kappa shape index (κ1) is 25.2. The lowest BCUT2D eigenvalue weighted by Crippen LogP contribution is -2.25. The fourth-order valence-electron chi connectivity index (χ4n) is 3.61. The van der Waals surface area contributed by atoms with Crippen molar-refractivity contribution < 1.29 is 48.6 Å². The molecular weight excluding hydrogens is 506 g/mol. The summed E-state index contributed by atoms with van der Waals surface area (Å²) >= 11 is 0. The van der Waals surface area contributed by atoms with Crippen molar-refractivity contribution in [3.8, 4) is 17.6 Å². The molecule has 0 saturated heterocycles. The second-order valence-corrected chi connectivity index (χ2v) is 7.69. The molecule has 0 heterocycles. The van der Waals surface area contributed by atoms with Crippen molar-refractivity contribution in [3.05, 3.63) is 88.2 Å². The average molecular weight is 516 g/mol. The molecular formula is C25H10F10O. The second-order valence-electron chi connectivity index (χ2n) is 7.69. The van der Waals surface area contributed by atoms with Gasteiger partial charge < -0.3 is 4.74 Å². The molecule has 0 spiro atoms. The number of benzene rings is 4. The van der Waals surface area contributed by atoms with E-state index in [0.29, 0.717) is 29.7 Å². The van der Waals surface area contributed by atoms with Crippen LogP contribution in [-0.2, 0) is 6.11 Å². The maximum atomic E-state index is 14.8. The predicted octanol–water partition coefficient (Wildman–Crippen LogP) is 8.04. The standard InChI is InChI=1S/C25H10F10O/c1-11-2-3-15-12(6-11)8-19(28)21(23(15)30)25(34,35)36-14-7-13-9-17(26)16(4-5-24(31,32)33)22(29)20(13)18(27)10-14/h2-3,6-10H,1H3. The Bertz CT molecular complexity index is 1590. The van der Waals surface area contributed by atoms with Crippen molar-refractivity contribution in [1.82, 2.24) is 0 Å². The number of aryl methyl sites for hydroxylation is 1. The second kappa shape index (κ2) is 8.62. The molecule has 0 amide bonds. The van der Waals surface area contributed by atoms with Crippen LogP contribution < -0.4 is 4.74 Å². The number of hydrogen-bond donors (Lipinski definition) is 0. The number of hydrogen-bond acceptors (Lipinski definition) is 1.